The summed E-state index contributed by atoms with van der Waals surface area (Å²) in [5, 5.41) is 30.9. The van der Waals surface area contributed by atoms with Crippen molar-refractivity contribution in [1.82, 2.24) is 0 Å². The van der Waals surface area contributed by atoms with Crippen LogP contribution in [0.2, 0.25) is 0 Å². The Hall–Kier alpha value is -0.970. The summed E-state index contributed by atoms with van der Waals surface area (Å²) >= 11 is 0. The number of hydrogen-bond acceptors (Lipinski definition) is 4. The number of fused-ring (bicyclic) bond motifs is 10. The fraction of sp³-hybridized carbons (Fsp3) is 0.906. The monoisotopic (exact) mass is 789 g/mol. The van der Waals surface area contributed by atoms with Gasteiger partial charge in [-0.25, -0.2) is 0 Å². The highest BCUT2D eigenvalue weighted by molar-refractivity contribution is 5.77. The van der Waals surface area contributed by atoms with Crippen LogP contribution in [0.4, 0.5) is 0 Å². The number of aliphatic hydroxyl groups is 3. The lowest BCUT2D eigenvalue weighted by Crippen LogP contribution is -2.50. The lowest BCUT2D eigenvalue weighted by atomic mass is 9.47. The predicted molar refractivity (Wildman–Crippen MR) is 235 cm³/mol. The number of ketones is 1. The van der Waals surface area contributed by atoms with Gasteiger partial charge < -0.3 is 15.3 Å². The van der Waals surface area contributed by atoms with Crippen LogP contribution >= 0.6 is 0 Å². The molecule has 0 radical (unpaired) electrons. The Morgan fingerprint density at radius 2 is 1.14 bits per heavy atom. The second-order valence-corrected chi connectivity index (χ2v) is 23.5. The van der Waals surface area contributed by atoms with Crippen LogP contribution in [0.25, 0.3) is 0 Å². The van der Waals surface area contributed by atoms with Crippen LogP contribution in [-0.4, -0.2) is 38.9 Å². The fourth-order valence-corrected chi connectivity index (χ4v) is 16.9. The van der Waals surface area contributed by atoms with E-state index in [0.717, 1.165) is 105 Å². The van der Waals surface area contributed by atoms with Crippen molar-refractivity contribution in [3.63, 3.8) is 0 Å². The maximum Gasteiger partial charge on any atom is 0.132 e. The molecular weight excluding hydrogens is 701 g/mol. The zero-order valence-corrected chi connectivity index (χ0v) is 38.4. The van der Waals surface area contributed by atoms with Crippen LogP contribution in [0, 0.1) is 80.8 Å². The first-order chi connectivity index (χ1) is 26.9. The zero-order valence-electron chi connectivity index (χ0n) is 38.4. The molecule has 8 rings (SSSR count). The molecule has 0 aromatic rings. The van der Waals surface area contributed by atoms with Gasteiger partial charge >= 0.3 is 0 Å². The summed E-state index contributed by atoms with van der Waals surface area (Å²) in [7, 11) is 0. The van der Waals surface area contributed by atoms with Crippen molar-refractivity contribution in [3.8, 4) is 0 Å². The quantitative estimate of drug-likeness (QED) is 0.193. The molecule has 3 N–H and O–H groups in total. The van der Waals surface area contributed by atoms with Crippen molar-refractivity contribution < 1.29 is 20.1 Å². The number of carbonyl (C=O) groups excluding carboxylic acids is 1. The van der Waals surface area contributed by atoms with Gasteiger partial charge in [-0.1, -0.05) is 78.7 Å². The number of allylic oxidation sites excluding steroid dienone is 2. The molecular formula is C53H88O4. The topological polar surface area (TPSA) is 77.8 Å². The molecule has 6 saturated carbocycles. The van der Waals surface area contributed by atoms with Crippen molar-refractivity contribution in [2.45, 2.75) is 221 Å². The molecule has 324 valence electrons. The molecule has 0 spiro atoms. The van der Waals surface area contributed by atoms with Crippen LogP contribution in [0.5, 0.6) is 0 Å². The van der Waals surface area contributed by atoms with Gasteiger partial charge in [0, 0.05) is 12.8 Å². The first-order valence-corrected chi connectivity index (χ1v) is 24.9. The van der Waals surface area contributed by atoms with Gasteiger partial charge in [0.15, 0.2) is 0 Å². The molecule has 8 aliphatic rings. The summed E-state index contributed by atoms with van der Waals surface area (Å²) in [4.78, 5) is 11.8. The molecule has 6 fully saturated rings. The highest BCUT2D eigenvalue weighted by Crippen LogP contribution is 2.69. The summed E-state index contributed by atoms with van der Waals surface area (Å²) in [5.74, 6) is 8.56. The van der Waals surface area contributed by atoms with E-state index in [1.165, 1.54) is 83.5 Å². The minimum Gasteiger partial charge on any atom is -0.393 e. The zero-order chi connectivity index (χ0) is 41.1. The third-order valence-electron chi connectivity index (χ3n) is 20.8. The highest BCUT2D eigenvalue weighted by Gasteiger charge is 2.61. The van der Waals surface area contributed by atoms with Crippen LogP contribution < -0.4 is 0 Å². The number of aliphatic hydroxyl groups excluding tert-OH is 2. The number of rotatable bonds is 10. The number of Topliss-reactive ketones (excluding diaryl/α,β-unsaturated/α-hetero) is 1. The number of hydrogen-bond donors (Lipinski definition) is 3. The second-order valence-electron chi connectivity index (χ2n) is 23.5. The molecule has 57 heavy (non-hydrogen) atoms. The van der Waals surface area contributed by atoms with E-state index in [4.69, 9.17) is 0 Å². The maximum atomic E-state index is 11.8. The summed E-state index contributed by atoms with van der Waals surface area (Å²) in [6, 6.07) is 0. The lowest BCUT2D eigenvalue weighted by Gasteiger charge is -2.58. The minimum absolute atomic E-state index is 0.100. The third kappa shape index (κ3) is 8.01. The van der Waals surface area contributed by atoms with Gasteiger partial charge in [-0.2, -0.15) is 0 Å². The molecule has 0 bridgehead atoms. The Morgan fingerprint density at radius 3 is 1.58 bits per heavy atom. The Morgan fingerprint density at radius 1 is 0.684 bits per heavy atom. The highest BCUT2D eigenvalue weighted by atomic mass is 16.3. The van der Waals surface area contributed by atoms with Gasteiger partial charge in [0.05, 0.1) is 17.8 Å². The van der Waals surface area contributed by atoms with Crippen molar-refractivity contribution in [1.29, 1.82) is 0 Å². The van der Waals surface area contributed by atoms with Crippen LogP contribution in [0.1, 0.15) is 204 Å². The SMILES string of the molecule is CCC(=O)CC[C@@H](C)[C@H]1CC[C@H]2[C@@H]3CC=C4C[C@@H](O)CC[C@]4(C)[C@H]3CC[C@]12C.CCC(C)(O)CC[C@@H](C)[C@H]1CC[C@H]2[C@@H]3CC=C4C[C@@H](O)CC[C@]4(C)[C@H]3CC[C@]12C. The maximum absolute atomic E-state index is 11.8. The molecule has 0 saturated heterocycles. The van der Waals surface area contributed by atoms with Gasteiger partial charge in [-0.05, 0) is 216 Å². The van der Waals surface area contributed by atoms with Crippen LogP contribution in [-0.2, 0) is 4.79 Å². The van der Waals surface area contributed by atoms with Crippen molar-refractivity contribution in [2.75, 3.05) is 0 Å². The third-order valence-corrected chi connectivity index (χ3v) is 20.8. The summed E-state index contributed by atoms with van der Waals surface area (Å²) in [6.45, 7) is 21.3. The van der Waals surface area contributed by atoms with E-state index >= 15 is 0 Å². The number of carbonyl (C=O) groups is 1. The molecule has 0 amide bonds. The average molecular weight is 789 g/mol. The summed E-state index contributed by atoms with van der Waals surface area (Å²) < 4.78 is 0. The van der Waals surface area contributed by atoms with Gasteiger partial charge in [0.25, 0.3) is 0 Å². The Bertz CT molecular complexity index is 1490. The van der Waals surface area contributed by atoms with Gasteiger partial charge in [-0.15, -0.1) is 0 Å². The van der Waals surface area contributed by atoms with Crippen molar-refractivity contribution in [3.05, 3.63) is 23.3 Å². The first-order valence-electron chi connectivity index (χ1n) is 24.9. The molecule has 0 aromatic carbocycles. The molecule has 0 heterocycles. The fourth-order valence-electron chi connectivity index (χ4n) is 16.9. The Kier molecular flexibility index (Phi) is 12.9. The van der Waals surface area contributed by atoms with E-state index in [1.54, 1.807) is 11.1 Å². The summed E-state index contributed by atoms with van der Waals surface area (Å²) in [6.07, 6.45) is 30.3. The molecule has 8 aliphatic carbocycles. The van der Waals surface area contributed by atoms with E-state index in [0.29, 0.717) is 39.8 Å². The average Bonchev–Trinajstić information content (AvgIpc) is 3.73. The van der Waals surface area contributed by atoms with Gasteiger partial charge in [0.2, 0.25) is 0 Å². The smallest absolute Gasteiger partial charge is 0.132 e. The van der Waals surface area contributed by atoms with E-state index in [2.05, 4.69) is 60.6 Å². The lowest BCUT2D eigenvalue weighted by molar-refractivity contribution is -0.119. The minimum atomic E-state index is -0.491. The first kappa shape index (κ1) is 44.1. The molecule has 4 heteroatoms. The van der Waals surface area contributed by atoms with Crippen LogP contribution in [0.3, 0.4) is 0 Å². The Balaban J connectivity index is 0.000000174. The van der Waals surface area contributed by atoms with E-state index < -0.39 is 5.60 Å². The van der Waals surface area contributed by atoms with E-state index in [1.807, 2.05) is 13.8 Å². The largest absolute Gasteiger partial charge is 0.393 e. The predicted octanol–water partition coefficient (Wildman–Crippen LogP) is 12.8. The second kappa shape index (κ2) is 16.7. The molecule has 17 atom stereocenters. The molecule has 1 unspecified atom stereocenters. The summed E-state index contributed by atoms with van der Waals surface area (Å²) in [5.41, 5.74) is 4.35. The normalized spacial score (nSPS) is 46.8. The van der Waals surface area contributed by atoms with Crippen molar-refractivity contribution >= 4 is 5.78 Å². The molecule has 0 aromatic heterocycles. The van der Waals surface area contributed by atoms with E-state index in [9.17, 15) is 20.1 Å². The Labute approximate surface area is 350 Å². The molecule has 0 aliphatic heterocycles. The van der Waals surface area contributed by atoms with Crippen LogP contribution in [0.15, 0.2) is 23.3 Å². The van der Waals surface area contributed by atoms with Gasteiger partial charge in [-0.3, -0.25) is 4.79 Å². The van der Waals surface area contributed by atoms with Gasteiger partial charge in [0.1, 0.15) is 5.78 Å². The van der Waals surface area contributed by atoms with Crippen molar-refractivity contribution in [2.24, 2.45) is 80.8 Å². The standard InChI is InChI=1S/C27H46O2.C26H42O2/c1-6-25(3,29)14-11-18(2)22-9-10-23-21-8-7-19-17-20(28)12-15-26(19,4)24(21)13-16-27(22,23)5;1-5-19(27)8-6-17(2)22-10-11-23-21-9-7-18-16-20(28)12-14-25(18,3)24(21)13-15-26(22,23)4/h7,18,20-24,28-29H,6,8-17H2,1-5H3;7,17,20-24,28H,5-6,8-16H2,1-4H3/t18-,20+,21+,22-,23+,24+,25?,26+,27-;17-,20+,21+,22-,23+,24+,25+,26-/m11/s1. The van der Waals surface area contributed by atoms with E-state index in [-0.39, 0.29) is 12.2 Å². The molecule has 4 nitrogen and oxygen atoms in total.